The summed E-state index contributed by atoms with van der Waals surface area (Å²) in [6.45, 7) is 7.35. The Morgan fingerprint density at radius 3 is 0.687 bits per heavy atom. The molecule has 0 aliphatic carbocycles. The number of rotatable bonds is 80. The van der Waals surface area contributed by atoms with Gasteiger partial charge in [-0.2, -0.15) is 0 Å². The Kier molecular flexibility index (Phi) is 71.6. The lowest BCUT2D eigenvalue weighted by Crippen LogP contribution is -2.30. The van der Waals surface area contributed by atoms with Gasteiger partial charge in [-0.25, -0.2) is 9.13 Å². The van der Waals surface area contributed by atoms with Crippen molar-refractivity contribution in [3.8, 4) is 0 Å². The van der Waals surface area contributed by atoms with Crippen LogP contribution in [0.3, 0.4) is 0 Å². The van der Waals surface area contributed by atoms with Gasteiger partial charge in [0, 0.05) is 25.7 Å². The van der Waals surface area contributed by atoms with Crippen LogP contribution in [0.4, 0.5) is 0 Å². The van der Waals surface area contributed by atoms with Crippen molar-refractivity contribution in [3.05, 3.63) is 0 Å². The van der Waals surface area contributed by atoms with Gasteiger partial charge in [-0.1, -0.05) is 375 Å². The minimum atomic E-state index is -4.96. The van der Waals surface area contributed by atoms with E-state index in [-0.39, 0.29) is 25.7 Å². The minimum absolute atomic E-state index is 0.108. The normalized spacial score (nSPS) is 13.9. The summed E-state index contributed by atoms with van der Waals surface area (Å²) in [7, 11) is -9.91. The third-order valence-corrected chi connectivity index (χ3v) is 20.7. The van der Waals surface area contributed by atoms with E-state index in [1.54, 1.807) is 0 Å². The molecule has 0 saturated carbocycles. The first-order valence-corrected chi connectivity index (χ1v) is 44.6. The third-order valence-electron chi connectivity index (χ3n) is 18.8. The van der Waals surface area contributed by atoms with Crippen molar-refractivity contribution in [2.24, 2.45) is 5.92 Å². The number of esters is 4. The fourth-order valence-electron chi connectivity index (χ4n) is 12.4. The molecule has 3 N–H and O–H groups in total. The van der Waals surface area contributed by atoms with Crippen molar-refractivity contribution in [2.75, 3.05) is 39.6 Å². The Balaban J connectivity index is 5.23. The third kappa shape index (κ3) is 74.1. The van der Waals surface area contributed by atoms with Crippen molar-refractivity contribution >= 4 is 39.5 Å². The van der Waals surface area contributed by atoms with Crippen LogP contribution in [-0.2, 0) is 65.4 Å². The van der Waals surface area contributed by atoms with Gasteiger partial charge < -0.3 is 33.8 Å². The van der Waals surface area contributed by atoms with Crippen molar-refractivity contribution < 1.29 is 80.2 Å². The van der Waals surface area contributed by atoms with E-state index in [0.29, 0.717) is 25.7 Å². The second-order valence-corrected chi connectivity index (χ2v) is 32.2. The quantitative estimate of drug-likeness (QED) is 0.0222. The Morgan fingerprint density at radius 1 is 0.273 bits per heavy atom. The number of carbonyl (C=O) groups is 4. The fourth-order valence-corrected chi connectivity index (χ4v) is 14.0. The molecule has 0 bridgehead atoms. The Labute approximate surface area is 607 Å². The van der Waals surface area contributed by atoms with Crippen LogP contribution in [0, 0.1) is 5.92 Å². The summed E-state index contributed by atoms with van der Waals surface area (Å²) in [6, 6.07) is 0. The molecule has 5 atom stereocenters. The molecule has 0 aromatic rings. The lowest BCUT2D eigenvalue weighted by molar-refractivity contribution is -0.161. The SMILES string of the molecule is CCCCCCCCCCCCCCCCCCCC(=O)OC[C@H](COP(=O)(O)OC[C@@H](O)COP(=O)(O)OC[C@@H](COC(=O)CCCCCCCCCCCCC)OC(=O)CCCCCCCCCCCCCC)OC(=O)CCCCCCCCCCCCCCCCCCC(C)C. The monoisotopic (exact) mass is 1450 g/mol. The lowest BCUT2D eigenvalue weighted by atomic mass is 10.0. The topological polar surface area (TPSA) is 237 Å². The van der Waals surface area contributed by atoms with Gasteiger partial charge in [0.25, 0.3) is 0 Å². The molecule has 0 aliphatic rings. The zero-order chi connectivity index (χ0) is 72.7. The summed E-state index contributed by atoms with van der Waals surface area (Å²) in [5.74, 6) is -1.30. The molecular formula is C80H156O17P2. The maximum absolute atomic E-state index is 13.1. The minimum Gasteiger partial charge on any atom is -0.462 e. The summed E-state index contributed by atoms with van der Waals surface area (Å²) in [5.41, 5.74) is 0. The van der Waals surface area contributed by atoms with E-state index in [1.165, 1.54) is 250 Å². The first kappa shape index (κ1) is 97.1. The maximum Gasteiger partial charge on any atom is 0.472 e. The van der Waals surface area contributed by atoms with Gasteiger partial charge in [0.15, 0.2) is 12.2 Å². The van der Waals surface area contributed by atoms with Crippen LogP contribution >= 0.6 is 15.6 Å². The molecule has 0 aromatic carbocycles. The average molecular weight is 1450 g/mol. The van der Waals surface area contributed by atoms with Crippen LogP contribution in [0.2, 0.25) is 0 Å². The van der Waals surface area contributed by atoms with Gasteiger partial charge in [-0.05, 0) is 31.6 Å². The summed E-state index contributed by atoms with van der Waals surface area (Å²) >= 11 is 0. The van der Waals surface area contributed by atoms with Gasteiger partial charge in [-0.3, -0.25) is 37.3 Å². The molecule has 2 unspecified atom stereocenters. The molecule has 99 heavy (non-hydrogen) atoms. The van der Waals surface area contributed by atoms with Crippen LogP contribution in [0.1, 0.15) is 426 Å². The summed E-state index contributed by atoms with van der Waals surface area (Å²) in [6.07, 6.45) is 63.7. The molecule has 0 radical (unpaired) electrons. The average Bonchev–Trinajstić information content (AvgIpc) is 1.04. The van der Waals surface area contributed by atoms with Crippen molar-refractivity contribution in [2.45, 2.75) is 445 Å². The van der Waals surface area contributed by atoms with Crippen molar-refractivity contribution in [3.63, 3.8) is 0 Å². The molecule has 0 saturated heterocycles. The molecule has 0 amide bonds. The van der Waals surface area contributed by atoms with Crippen molar-refractivity contribution in [1.82, 2.24) is 0 Å². The molecule has 0 aliphatic heterocycles. The number of carbonyl (C=O) groups excluding carboxylic acids is 4. The van der Waals surface area contributed by atoms with E-state index in [9.17, 15) is 43.2 Å². The molecule has 0 rings (SSSR count). The number of hydrogen-bond donors (Lipinski definition) is 3. The number of ether oxygens (including phenoxy) is 4. The zero-order valence-electron chi connectivity index (χ0n) is 64.6. The van der Waals surface area contributed by atoms with Crippen LogP contribution in [0.25, 0.3) is 0 Å². The van der Waals surface area contributed by atoms with Crippen LogP contribution < -0.4 is 0 Å². The standard InChI is InChI=1S/C80H156O17P2/c1-6-9-12-15-18-21-24-26-27-28-32-35-40-44-49-54-59-64-78(83)91-70-76(97-80(85)66-61-56-51-46-41-36-33-30-29-31-34-38-42-47-52-57-62-73(4)5)72-95-99(88,89)93-68-74(81)67-92-98(86,87)94-71-75(69-90-77(82)63-58-53-48-43-37-23-20-17-14-11-8-3)96-79(84)65-60-55-50-45-39-25-22-19-16-13-10-7-2/h73-76,81H,6-72H2,1-5H3,(H,86,87)(H,88,89)/t74-,75+,76+/m0/s1. The Morgan fingerprint density at radius 2 is 0.465 bits per heavy atom. The highest BCUT2D eigenvalue weighted by atomic mass is 31.2. The smallest absolute Gasteiger partial charge is 0.462 e. The second-order valence-electron chi connectivity index (χ2n) is 29.3. The highest BCUT2D eigenvalue weighted by Gasteiger charge is 2.30. The molecule has 17 nitrogen and oxygen atoms in total. The number of hydrogen-bond acceptors (Lipinski definition) is 15. The van der Waals surface area contributed by atoms with Crippen LogP contribution in [0.15, 0.2) is 0 Å². The first-order chi connectivity index (χ1) is 48.0. The van der Waals surface area contributed by atoms with Crippen LogP contribution in [-0.4, -0.2) is 96.7 Å². The van der Waals surface area contributed by atoms with Crippen molar-refractivity contribution in [1.29, 1.82) is 0 Å². The van der Waals surface area contributed by atoms with E-state index >= 15 is 0 Å². The largest absolute Gasteiger partial charge is 0.472 e. The summed E-state index contributed by atoms with van der Waals surface area (Å²) in [4.78, 5) is 73.0. The molecule has 0 spiro atoms. The van der Waals surface area contributed by atoms with E-state index in [4.69, 9.17) is 37.0 Å². The number of phosphoric acid groups is 2. The molecule has 19 heteroatoms. The first-order valence-electron chi connectivity index (χ1n) is 41.6. The number of aliphatic hydroxyl groups is 1. The molecule has 0 fully saturated rings. The molecule has 0 aromatic heterocycles. The van der Waals surface area contributed by atoms with Gasteiger partial charge in [0.1, 0.15) is 19.3 Å². The predicted octanol–water partition coefficient (Wildman–Crippen LogP) is 24.0. The fraction of sp³-hybridized carbons (Fsp3) is 0.950. The highest BCUT2D eigenvalue weighted by molar-refractivity contribution is 7.47. The molecular weight excluding hydrogens is 1290 g/mol. The van der Waals surface area contributed by atoms with Gasteiger partial charge >= 0.3 is 39.5 Å². The summed E-state index contributed by atoms with van der Waals surface area (Å²) < 4.78 is 68.7. The Hall–Kier alpha value is -1.94. The molecule has 588 valence electrons. The number of phosphoric ester groups is 2. The highest BCUT2D eigenvalue weighted by Crippen LogP contribution is 2.45. The summed E-state index contributed by atoms with van der Waals surface area (Å²) in [5, 5.41) is 10.6. The predicted molar refractivity (Wildman–Crippen MR) is 405 cm³/mol. The van der Waals surface area contributed by atoms with E-state index in [2.05, 4.69) is 34.6 Å². The zero-order valence-corrected chi connectivity index (χ0v) is 66.4. The number of aliphatic hydroxyl groups excluding tert-OH is 1. The van der Waals surface area contributed by atoms with Gasteiger partial charge in [0.05, 0.1) is 26.4 Å². The van der Waals surface area contributed by atoms with E-state index in [1.807, 2.05) is 0 Å². The molecule has 0 heterocycles. The van der Waals surface area contributed by atoms with E-state index < -0.39 is 97.5 Å². The van der Waals surface area contributed by atoms with Crippen LogP contribution in [0.5, 0.6) is 0 Å². The Bertz CT molecular complexity index is 1890. The van der Waals surface area contributed by atoms with Gasteiger partial charge in [-0.15, -0.1) is 0 Å². The maximum atomic E-state index is 13.1. The van der Waals surface area contributed by atoms with Gasteiger partial charge in [0.2, 0.25) is 0 Å². The number of unbranched alkanes of at least 4 members (excludes halogenated alkanes) is 52. The lowest BCUT2D eigenvalue weighted by Gasteiger charge is -2.21. The second kappa shape index (κ2) is 73.0. The van der Waals surface area contributed by atoms with E-state index in [0.717, 1.165) is 95.8 Å².